The molecule has 0 saturated heterocycles. The molecule has 0 unspecified atom stereocenters. The number of carbonyl (C=O) groups excluding carboxylic acids is 1. The Morgan fingerprint density at radius 2 is 1.59 bits per heavy atom. The molecule has 0 atom stereocenters. The summed E-state index contributed by atoms with van der Waals surface area (Å²) in [5.41, 5.74) is 4.62. The molecule has 32 heavy (non-hydrogen) atoms. The van der Waals surface area contributed by atoms with Gasteiger partial charge in [-0.25, -0.2) is 0 Å². The van der Waals surface area contributed by atoms with Gasteiger partial charge in [-0.3, -0.25) is 4.79 Å². The number of hydrogen-bond acceptors (Lipinski definition) is 4. The lowest BCUT2D eigenvalue weighted by Gasteiger charge is -2.19. The molecule has 4 aromatic rings. The van der Waals surface area contributed by atoms with Crippen molar-refractivity contribution in [2.24, 2.45) is 0 Å². The molecule has 0 spiro atoms. The van der Waals surface area contributed by atoms with Gasteiger partial charge in [-0.1, -0.05) is 71.9 Å². The van der Waals surface area contributed by atoms with Crippen LogP contribution in [0.3, 0.4) is 0 Å². The quantitative estimate of drug-likeness (QED) is 0.408. The fourth-order valence-electron chi connectivity index (χ4n) is 3.69. The van der Waals surface area contributed by atoms with Gasteiger partial charge in [-0.2, -0.15) is 0 Å². The molecule has 1 N–H and O–H groups in total. The van der Waals surface area contributed by atoms with E-state index in [0.717, 1.165) is 28.1 Å². The summed E-state index contributed by atoms with van der Waals surface area (Å²) in [5, 5.41) is 7.04. The number of aromatic nitrogens is 1. The van der Waals surface area contributed by atoms with Crippen molar-refractivity contribution in [3.63, 3.8) is 0 Å². The second-order valence-corrected chi connectivity index (χ2v) is 7.70. The van der Waals surface area contributed by atoms with Crippen LogP contribution in [0.2, 0.25) is 0 Å². The van der Waals surface area contributed by atoms with Crippen molar-refractivity contribution < 1.29 is 14.1 Å². The van der Waals surface area contributed by atoms with E-state index in [-0.39, 0.29) is 11.8 Å². The highest BCUT2D eigenvalue weighted by atomic mass is 16.5. The zero-order valence-corrected chi connectivity index (χ0v) is 18.2. The summed E-state index contributed by atoms with van der Waals surface area (Å²) < 4.78 is 11.1. The Balaban J connectivity index is 1.44. The number of nitrogens with zero attached hydrogens (tertiary/aromatic N) is 1. The summed E-state index contributed by atoms with van der Waals surface area (Å²) in [6.45, 7) is 4.58. The fourth-order valence-corrected chi connectivity index (χ4v) is 3.69. The van der Waals surface area contributed by atoms with Crippen molar-refractivity contribution in [3.05, 3.63) is 119 Å². The molecule has 162 valence electrons. The number of carbonyl (C=O) groups is 1. The summed E-state index contributed by atoms with van der Waals surface area (Å²) in [4.78, 5) is 12.9. The zero-order valence-electron chi connectivity index (χ0n) is 18.2. The number of nitrogens with one attached hydrogen (secondary N) is 1. The number of amides is 1. The monoisotopic (exact) mass is 426 g/mol. The average molecular weight is 427 g/mol. The molecule has 5 nitrogen and oxygen atoms in total. The average Bonchev–Trinajstić information content (AvgIpc) is 3.16. The second kappa shape index (κ2) is 9.96. The lowest BCUT2D eigenvalue weighted by Crippen LogP contribution is -2.29. The Morgan fingerprint density at radius 3 is 2.19 bits per heavy atom. The topological polar surface area (TPSA) is 64.4 Å². The van der Waals surface area contributed by atoms with Gasteiger partial charge in [0.2, 0.25) is 0 Å². The third-order valence-corrected chi connectivity index (χ3v) is 5.53. The molecular formula is C27H26N2O3. The lowest BCUT2D eigenvalue weighted by molar-refractivity contribution is 0.0952. The lowest BCUT2D eigenvalue weighted by atomic mass is 9.91. The van der Waals surface area contributed by atoms with Gasteiger partial charge >= 0.3 is 0 Å². The largest absolute Gasteiger partial charge is 0.489 e. The van der Waals surface area contributed by atoms with Gasteiger partial charge in [0.25, 0.3) is 5.91 Å². The second-order valence-electron chi connectivity index (χ2n) is 7.70. The van der Waals surface area contributed by atoms with Crippen LogP contribution in [0.4, 0.5) is 0 Å². The van der Waals surface area contributed by atoms with Crippen molar-refractivity contribution in [1.82, 2.24) is 10.5 Å². The maximum absolute atomic E-state index is 12.9. The minimum Gasteiger partial charge on any atom is -0.489 e. The molecule has 5 heteroatoms. The van der Waals surface area contributed by atoms with E-state index in [1.807, 2.05) is 62.4 Å². The Hall–Kier alpha value is -3.86. The van der Waals surface area contributed by atoms with Crippen LogP contribution in [-0.2, 0) is 6.61 Å². The number of ether oxygens (including phenoxy) is 1. The minimum absolute atomic E-state index is 0.0697. The SMILES string of the molecule is Cc1noc(C)c1COc1cccc(C(=O)NCC(c2ccccc2)c2ccccc2)c1. The van der Waals surface area contributed by atoms with Gasteiger partial charge < -0.3 is 14.6 Å². The number of benzene rings is 3. The van der Waals surface area contributed by atoms with Crippen LogP contribution in [0, 0.1) is 13.8 Å². The van der Waals surface area contributed by atoms with Gasteiger partial charge in [0.1, 0.15) is 18.1 Å². The molecule has 0 bridgehead atoms. The third kappa shape index (κ3) is 5.06. The highest BCUT2D eigenvalue weighted by molar-refractivity contribution is 5.94. The number of rotatable bonds is 8. The first kappa shape index (κ1) is 21.4. The van der Waals surface area contributed by atoms with Gasteiger partial charge in [0, 0.05) is 18.0 Å². The molecule has 0 saturated carbocycles. The van der Waals surface area contributed by atoms with Crippen LogP contribution in [-0.4, -0.2) is 17.6 Å². The molecular weight excluding hydrogens is 400 g/mol. The van der Waals surface area contributed by atoms with E-state index >= 15 is 0 Å². The first-order valence-corrected chi connectivity index (χ1v) is 10.6. The molecule has 0 aliphatic carbocycles. The van der Waals surface area contributed by atoms with Crippen LogP contribution >= 0.6 is 0 Å². The van der Waals surface area contributed by atoms with Gasteiger partial charge in [-0.05, 0) is 43.2 Å². The van der Waals surface area contributed by atoms with E-state index < -0.39 is 0 Å². The van der Waals surface area contributed by atoms with Crippen molar-refractivity contribution in [1.29, 1.82) is 0 Å². The standard InChI is InChI=1S/C27H26N2O3/c1-19-26(20(2)32-29-19)18-31-24-15-9-14-23(16-24)27(30)28-17-25(21-10-5-3-6-11-21)22-12-7-4-8-13-22/h3-16,25H,17-18H2,1-2H3,(H,28,30). The van der Waals surface area contributed by atoms with E-state index in [0.29, 0.717) is 24.5 Å². The fraction of sp³-hybridized carbons (Fsp3) is 0.185. The van der Waals surface area contributed by atoms with Crippen LogP contribution in [0.15, 0.2) is 89.5 Å². The van der Waals surface area contributed by atoms with E-state index in [9.17, 15) is 4.79 Å². The number of hydrogen-bond donors (Lipinski definition) is 1. The predicted octanol–water partition coefficient (Wildman–Crippen LogP) is 5.43. The Labute approximate surface area is 188 Å². The molecule has 0 aliphatic rings. The summed E-state index contributed by atoms with van der Waals surface area (Å²) in [6, 6.07) is 27.6. The molecule has 4 rings (SSSR count). The van der Waals surface area contributed by atoms with Crippen LogP contribution in [0.1, 0.15) is 44.4 Å². The molecule has 1 heterocycles. The predicted molar refractivity (Wildman–Crippen MR) is 124 cm³/mol. The molecule has 3 aromatic carbocycles. The van der Waals surface area contributed by atoms with E-state index in [2.05, 4.69) is 34.7 Å². The number of aryl methyl sites for hydroxylation is 2. The van der Waals surface area contributed by atoms with Crippen LogP contribution < -0.4 is 10.1 Å². The smallest absolute Gasteiger partial charge is 0.251 e. The highest BCUT2D eigenvalue weighted by Gasteiger charge is 2.16. The van der Waals surface area contributed by atoms with E-state index in [4.69, 9.17) is 9.26 Å². The molecule has 0 fully saturated rings. The summed E-state index contributed by atoms with van der Waals surface area (Å²) in [5.74, 6) is 1.30. The first-order valence-electron chi connectivity index (χ1n) is 10.6. The van der Waals surface area contributed by atoms with E-state index in [1.54, 1.807) is 12.1 Å². The molecule has 0 radical (unpaired) electrons. The van der Waals surface area contributed by atoms with Crippen molar-refractivity contribution >= 4 is 5.91 Å². The summed E-state index contributed by atoms with van der Waals surface area (Å²) in [7, 11) is 0. The zero-order chi connectivity index (χ0) is 22.3. The summed E-state index contributed by atoms with van der Waals surface area (Å²) >= 11 is 0. The van der Waals surface area contributed by atoms with Crippen molar-refractivity contribution in [2.75, 3.05) is 6.54 Å². The van der Waals surface area contributed by atoms with Crippen LogP contribution in [0.5, 0.6) is 5.75 Å². The van der Waals surface area contributed by atoms with Gasteiger partial charge in [-0.15, -0.1) is 0 Å². The highest BCUT2D eigenvalue weighted by Crippen LogP contribution is 2.24. The Bertz CT molecular complexity index is 1110. The summed E-state index contributed by atoms with van der Waals surface area (Å²) in [6.07, 6.45) is 0. The Kier molecular flexibility index (Phi) is 6.66. The van der Waals surface area contributed by atoms with Gasteiger partial charge in [0.15, 0.2) is 0 Å². The molecule has 1 aromatic heterocycles. The van der Waals surface area contributed by atoms with E-state index in [1.165, 1.54) is 0 Å². The normalized spacial score (nSPS) is 10.8. The maximum Gasteiger partial charge on any atom is 0.251 e. The maximum atomic E-state index is 12.9. The Morgan fingerprint density at radius 1 is 0.938 bits per heavy atom. The van der Waals surface area contributed by atoms with Gasteiger partial charge in [0.05, 0.1) is 11.3 Å². The van der Waals surface area contributed by atoms with Crippen molar-refractivity contribution in [3.8, 4) is 5.75 Å². The van der Waals surface area contributed by atoms with Crippen molar-refractivity contribution in [2.45, 2.75) is 26.4 Å². The molecule has 0 aliphatic heterocycles. The minimum atomic E-state index is -0.135. The third-order valence-electron chi connectivity index (χ3n) is 5.53. The first-order chi connectivity index (χ1) is 15.6. The molecule has 1 amide bonds. The van der Waals surface area contributed by atoms with Crippen LogP contribution in [0.25, 0.3) is 0 Å².